The van der Waals surface area contributed by atoms with Crippen LogP contribution in [0.2, 0.25) is 0 Å². The highest BCUT2D eigenvalue weighted by Gasteiger charge is 2.37. The monoisotopic (exact) mass is 463 g/mol. The minimum absolute atomic E-state index is 0.0608. The molecule has 2 aliphatic rings. The van der Waals surface area contributed by atoms with Crippen molar-refractivity contribution in [1.29, 1.82) is 0 Å². The lowest BCUT2D eigenvalue weighted by molar-refractivity contribution is -0.116. The summed E-state index contributed by atoms with van der Waals surface area (Å²) in [5.41, 5.74) is 1.79. The summed E-state index contributed by atoms with van der Waals surface area (Å²) < 4.78 is 53.0. The largest absolute Gasteiger partial charge is 0.296 e. The molecule has 0 atom stereocenters. The topological polar surface area (TPSA) is 95.1 Å². The first-order valence-corrected chi connectivity index (χ1v) is 13.2. The van der Waals surface area contributed by atoms with Crippen LogP contribution < -0.4 is 4.31 Å². The van der Waals surface area contributed by atoms with Gasteiger partial charge in [0.05, 0.1) is 16.3 Å². The number of nitrogens with zero attached hydrogens (tertiary/aromatic N) is 3. The highest BCUT2D eigenvalue weighted by atomic mass is 32.2. The van der Waals surface area contributed by atoms with Crippen LogP contribution in [0.4, 0.5) is 5.69 Å². The standard InChI is InChI=1S/C21H25N3O5S2/c1-17-15-19(24-21(25)9-14-30(24,26)27)7-8-20(17)31(28,29)23-12-10-22(11-13-23)16-18-5-3-2-4-6-18/h2-8,15H,9-14,16H2,1H3. The van der Waals surface area contributed by atoms with Gasteiger partial charge < -0.3 is 0 Å². The minimum Gasteiger partial charge on any atom is -0.296 e. The predicted octanol–water partition coefficient (Wildman–Crippen LogP) is 1.57. The maximum absolute atomic E-state index is 13.2. The Morgan fingerprint density at radius 1 is 0.968 bits per heavy atom. The van der Waals surface area contributed by atoms with Crippen molar-refractivity contribution in [3.05, 3.63) is 59.7 Å². The SMILES string of the molecule is Cc1cc(N2C(=O)CCS2(=O)=O)ccc1S(=O)(=O)N1CCN(Cc2ccccc2)CC1. The smallest absolute Gasteiger partial charge is 0.243 e. The Morgan fingerprint density at radius 2 is 1.65 bits per heavy atom. The maximum atomic E-state index is 13.2. The van der Waals surface area contributed by atoms with Gasteiger partial charge in [-0.3, -0.25) is 9.69 Å². The van der Waals surface area contributed by atoms with Crippen LogP contribution in [0.5, 0.6) is 0 Å². The molecule has 2 saturated heterocycles. The summed E-state index contributed by atoms with van der Waals surface area (Å²) in [6.07, 6.45) is -0.0608. The molecule has 4 rings (SSSR count). The Labute approximate surface area is 183 Å². The molecular weight excluding hydrogens is 438 g/mol. The second kappa shape index (κ2) is 8.34. The van der Waals surface area contributed by atoms with E-state index in [0.717, 1.165) is 10.8 Å². The Balaban J connectivity index is 1.49. The van der Waals surface area contributed by atoms with Gasteiger partial charge in [0.1, 0.15) is 0 Å². The average Bonchev–Trinajstić information content (AvgIpc) is 3.01. The molecule has 31 heavy (non-hydrogen) atoms. The fourth-order valence-electron chi connectivity index (χ4n) is 4.03. The summed E-state index contributed by atoms with van der Waals surface area (Å²) in [5, 5.41) is 0. The van der Waals surface area contributed by atoms with Crippen molar-refractivity contribution in [3.8, 4) is 0 Å². The summed E-state index contributed by atoms with van der Waals surface area (Å²) in [7, 11) is -7.41. The highest BCUT2D eigenvalue weighted by molar-refractivity contribution is 7.94. The van der Waals surface area contributed by atoms with E-state index >= 15 is 0 Å². The third kappa shape index (κ3) is 4.38. The maximum Gasteiger partial charge on any atom is 0.243 e. The highest BCUT2D eigenvalue weighted by Crippen LogP contribution is 2.30. The van der Waals surface area contributed by atoms with E-state index < -0.39 is 26.0 Å². The Bertz CT molecular complexity index is 1190. The van der Waals surface area contributed by atoms with E-state index in [1.54, 1.807) is 6.92 Å². The van der Waals surface area contributed by atoms with E-state index in [0.29, 0.717) is 31.7 Å². The molecule has 2 aliphatic heterocycles. The molecule has 8 nitrogen and oxygen atoms in total. The number of carbonyl (C=O) groups is 1. The third-order valence-electron chi connectivity index (χ3n) is 5.67. The van der Waals surface area contributed by atoms with Crippen molar-refractivity contribution in [2.75, 3.05) is 36.2 Å². The summed E-state index contributed by atoms with van der Waals surface area (Å²) in [6.45, 7) is 4.43. The number of hydrogen-bond acceptors (Lipinski definition) is 6. The summed E-state index contributed by atoms with van der Waals surface area (Å²) in [6, 6.07) is 14.3. The van der Waals surface area contributed by atoms with E-state index in [1.165, 1.54) is 28.1 Å². The van der Waals surface area contributed by atoms with Gasteiger partial charge in [-0.25, -0.2) is 21.1 Å². The van der Waals surface area contributed by atoms with Crippen molar-refractivity contribution in [2.24, 2.45) is 0 Å². The fourth-order valence-corrected chi connectivity index (χ4v) is 7.11. The van der Waals surface area contributed by atoms with E-state index in [-0.39, 0.29) is 22.8 Å². The second-order valence-corrected chi connectivity index (χ2v) is 11.7. The predicted molar refractivity (Wildman–Crippen MR) is 118 cm³/mol. The Kier molecular flexibility index (Phi) is 5.91. The van der Waals surface area contributed by atoms with Gasteiger partial charge in [0.2, 0.25) is 26.0 Å². The molecule has 2 heterocycles. The van der Waals surface area contributed by atoms with Crippen LogP contribution >= 0.6 is 0 Å². The second-order valence-electron chi connectivity index (χ2n) is 7.84. The van der Waals surface area contributed by atoms with Crippen LogP contribution in [0.3, 0.4) is 0 Å². The summed E-state index contributed by atoms with van der Waals surface area (Å²) in [5.74, 6) is -0.720. The number of aryl methyl sites for hydroxylation is 1. The summed E-state index contributed by atoms with van der Waals surface area (Å²) in [4.78, 5) is 14.4. The number of rotatable bonds is 5. The molecule has 0 N–H and O–H groups in total. The zero-order valence-electron chi connectivity index (χ0n) is 17.3. The van der Waals surface area contributed by atoms with Gasteiger partial charge in [-0.1, -0.05) is 30.3 Å². The minimum atomic E-state index is -3.72. The van der Waals surface area contributed by atoms with Gasteiger partial charge in [0, 0.05) is 39.1 Å². The van der Waals surface area contributed by atoms with Crippen molar-refractivity contribution in [3.63, 3.8) is 0 Å². The molecule has 0 bridgehead atoms. The molecule has 10 heteroatoms. The van der Waals surface area contributed by atoms with Crippen LogP contribution in [0.15, 0.2) is 53.4 Å². The normalized spacial score (nSPS) is 20.3. The van der Waals surface area contributed by atoms with E-state index in [9.17, 15) is 21.6 Å². The molecule has 0 aliphatic carbocycles. The van der Waals surface area contributed by atoms with Crippen LogP contribution in [0, 0.1) is 6.92 Å². The van der Waals surface area contributed by atoms with Crippen molar-refractivity contribution in [2.45, 2.75) is 24.8 Å². The molecule has 0 spiro atoms. The van der Waals surface area contributed by atoms with Gasteiger partial charge >= 0.3 is 0 Å². The first-order valence-electron chi connectivity index (χ1n) is 10.1. The molecule has 2 aromatic carbocycles. The van der Waals surface area contributed by atoms with Crippen molar-refractivity contribution in [1.82, 2.24) is 9.21 Å². The fraction of sp³-hybridized carbons (Fsp3) is 0.381. The molecule has 0 aromatic heterocycles. The van der Waals surface area contributed by atoms with Crippen molar-refractivity contribution >= 4 is 31.6 Å². The number of hydrogen-bond donors (Lipinski definition) is 0. The molecule has 0 radical (unpaired) electrons. The zero-order chi connectivity index (χ0) is 22.2. The third-order valence-corrected chi connectivity index (χ3v) is 9.42. The van der Waals surface area contributed by atoms with Crippen molar-refractivity contribution < 1.29 is 21.6 Å². The number of sulfonamides is 2. The number of piperazine rings is 1. The average molecular weight is 464 g/mol. The molecule has 2 aromatic rings. The Morgan fingerprint density at radius 3 is 2.23 bits per heavy atom. The zero-order valence-corrected chi connectivity index (χ0v) is 18.9. The lowest BCUT2D eigenvalue weighted by atomic mass is 10.2. The first-order chi connectivity index (χ1) is 14.7. The van der Waals surface area contributed by atoms with Gasteiger partial charge in [-0.15, -0.1) is 0 Å². The van der Waals surface area contributed by atoms with E-state index in [4.69, 9.17) is 0 Å². The van der Waals surface area contributed by atoms with Gasteiger partial charge in [-0.2, -0.15) is 4.31 Å². The lowest BCUT2D eigenvalue weighted by Gasteiger charge is -2.34. The lowest BCUT2D eigenvalue weighted by Crippen LogP contribution is -2.48. The number of carbonyl (C=O) groups excluding carboxylic acids is 1. The molecule has 1 amide bonds. The first kappa shape index (κ1) is 21.9. The molecular formula is C21H25N3O5S2. The molecule has 0 unspecified atom stereocenters. The molecule has 166 valence electrons. The summed E-state index contributed by atoms with van der Waals surface area (Å²) >= 11 is 0. The van der Waals surface area contributed by atoms with Gasteiger partial charge in [0.15, 0.2) is 0 Å². The molecule has 2 fully saturated rings. The van der Waals surface area contributed by atoms with Gasteiger partial charge in [0.25, 0.3) is 0 Å². The van der Waals surface area contributed by atoms with Gasteiger partial charge in [-0.05, 0) is 36.2 Å². The van der Waals surface area contributed by atoms with E-state index in [2.05, 4.69) is 17.0 Å². The Hall–Kier alpha value is -2.27. The van der Waals surface area contributed by atoms with Crippen LogP contribution in [0.1, 0.15) is 17.5 Å². The van der Waals surface area contributed by atoms with Crippen LogP contribution in [-0.2, 0) is 31.4 Å². The van der Waals surface area contributed by atoms with Crippen LogP contribution in [0.25, 0.3) is 0 Å². The number of benzene rings is 2. The molecule has 0 saturated carbocycles. The van der Waals surface area contributed by atoms with E-state index in [1.807, 2.05) is 18.2 Å². The van der Waals surface area contributed by atoms with Crippen LogP contribution in [-0.4, -0.2) is 63.9 Å². The number of amides is 1. The quantitative estimate of drug-likeness (QED) is 0.668. The number of anilines is 1.